The van der Waals surface area contributed by atoms with Crippen LogP contribution < -0.4 is 5.32 Å². The van der Waals surface area contributed by atoms with Gasteiger partial charge in [-0.15, -0.1) is 0 Å². The number of aliphatic hydroxyl groups is 2. The standard InChI is InChI=1S/C8H15NO5/c1-2-8(4-10,5-11)9-6(12)3-7(13)14/h10-11H,2-5H2,1H3,(H,9,12)(H,13,14). The Morgan fingerprint density at radius 1 is 1.29 bits per heavy atom. The predicted octanol–water partition coefficient (Wildman–Crippen LogP) is -1.29. The molecule has 0 aliphatic heterocycles. The predicted molar refractivity (Wildman–Crippen MR) is 47.6 cm³/mol. The van der Waals surface area contributed by atoms with Crippen LogP contribution in [0, 0.1) is 0 Å². The Kier molecular flexibility index (Phi) is 5.11. The van der Waals surface area contributed by atoms with Gasteiger partial charge in [0, 0.05) is 0 Å². The number of carbonyl (C=O) groups is 2. The molecule has 4 N–H and O–H groups in total. The Morgan fingerprint density at radius 2 is 1.79 bits per heavy atom. The van der Waals surface area contributed by atoms with Crippen LogP contribution in [0.2, 0.25) is 0 Å². The minimum Gasteiger partial charge on any atom is -0.481 e. The van der Waals surface area contributed by atoms with E-state index in [1.165, 1.54) is 0 Å². The summed E-state index contributed by atoms with van der Waals surface area (Å²) < 4.78 is 0. The summed E-state index contributed by atoms with van der Waals surface area (Å²) in [6.07, 6.45) is -0.340. The SMILES string of the molecule is CCC(CO)(CO)NC(=O)CC(=O)O. The van der Waals surface area contributed by atoms with Crippen molar-refractivity contribution in [2.45, 2.75) is 25.3 Å². The van der Waals surface area contributed by atoms with E-state index in [4.69, 9.17) is 15.3 Å². The molecule has 0 atom stereocenters. The van der Waals surface area contributed by atoms with Crippen molar-refractivity contribution in [1.82, 2.24) is 5.32 Å². The zero-order valence-corrected chi connectivity index (χ0v) is 7.99. The summed E-state index contributed by atoms with van der Waals surface area (Å²) in [7, 11) is 0. The molecule has 0 fully saturated rings. The lowest BCUT2D eigenvalue weighted by Crippen LogP contribution is -2.54. The zero-order valence-electron chi connectivity index (χ0n) is 7.99. The number of amides is 1. The quantitative estimate of drug-likeness (QED) is 0.404. The first kappa shape index (κ1) is 12.9. The summed E-state index contributed by atoms with van der Waals surface area (Å²) in [4.78, 5) is 21.2. The zero-order chi connectivity index (χ0) is 11.2. The lowest BCUT2D eigenvalue weighted by Gasteiger charge is -2.29. The summed E-state index contributed by atoms with van der Waals surface area (Å²) in [6, 6.07) is 0. The van der Waals surface area contributed by atoms with E-state index in [-0.39, 0.29) is 0 Å². The number of rotatable bonds is 6. The van der Waals surface area contributed by atoms with Gasteiger partial charge in [-0.05, 0) is 6.42 Å². The second-order valence-electron chi connectivity index (χ2n) is 3.07. The van der Waals surface area contributed by atoms with E-state index in [9.17, 15) is 9.59 Å². The van der Waals surface area contributed by atoms with Crippen LogP contribution in [0.3, 0.4) is 0 Å². The first-order valence-electron chi connectivity index (χ1n) is 4.24. The van der Waals surface area contributed by atoms with E-state index >= 15 is 0 Å². The van der Waals surface area contributed by atoms with Gasteiger partial charge < -0.3 is 20.6 Å². The molecule has 0 aliphatic carbocycles. The van der Waals surface area contributed by atoms with E-state index in [0.717, 1.165) is 0 Å². The molecule has 0 spiro atoms. The van der Waals surface area contributed by atoms with Crippen molar-refractivity contribution in [2.24, 2.45) is 0 Å². The Morgan fingerprint density at radius 3 is 2.07 bits per heavy atom. The number of carboxylic acid groups (broad SMARTS) is 1. The minimum atomic E-state index is -1.25. The molecule has 0 radical (unpaired) electrons. The minimum absolute atomic E-state index is 0.325. The smallest absolute Gasteiger partial charge is 0.312 e. The summed E-state index contributed by atoms with van der Waals surface area (Å²) in [5, 5.41) is 28.5. The van der Waals surface area contributed by atoms with E-state index in [1.807, 2.05) is 0 Å². The first-order chi connectivity index (χ1) is 6.49. The highest BCUT2D eigenvalue weighted by Gasteiger charge is 2.28. The number of carboxylic acids is 1. The molecule has 0 unspecified atom stereocenters. The van der Waals surface area contributed by atoms with Gasteiger partial charge in [0.2, 0.25) is 5.91 Å². The summed E-state index contributed by atoms with van der Waals surface area (Å²) in [5.74, 6) is -1.97. The highest BCUT2D eigenvalue weighted by molar-refractivity contribution is 5.93. The number of nitrogens with one attached hydrogen (secondary N) is 1. The third-order valence-corrected chi connectivity index (χ3v) is 2.00. The summed E-state index contributed by atoms with van der Waals surface area (Å²) in [6.45, 7) is 0.824. The van der Waals surface area contributed by atoms with Gasteiger partial charge >= 0.3 is 5.97 Å². The molecule has 0 aromatic heterocycles. The van der Waals surface area contributed by atoms with Crippen LogP contribution in [0.5, 0.6) is 0 Å². The number of aliphatic hydroxyl groups excluding tert-OH is 2. The molecule has 0 aromatic rings. The molecule has 0 saturated carbocycles. The molecule has 0 heterocycles. The fourth-order valence-electron chi connectivity index (χ4n) is 0.918. The van der Waals surface area contributed by atoms with Crippen LogP contribution >= 0.6 is 0 Å². The van der Waals surface area contributed by atoms with Gasteiger partial charge in [-0.3, -0.25) is 9.59 Å². The average molecular weight is 205 g/mol. The largest absolute Gasteiger partial charge is 0.481 e. The number of aliphatic carboxylic acids is 1. The average Bonchev–Trinajstić information content (AvgIpc) is 2.13. The summed E-state index contributed by atoms with van der Waals surface area (Å²) >= 11 is 0. The van der Waals surface area contributed by atoms with Gasteiger partial charge in [0.15, 0.2) is 0 Å². The second kappa shape index (κ2) is 5.56. The van der Waals surface area contributed by atoms with Crippen LogP contribution in [0.4, 0.5) is 0 Å². The molecule has 14 heavy (non-hydrogen) atoms. The molecular formula is C8H15NO5. The molecule has 0 rings (SSSR count). The molecule has 0 aliphatic rings. The van der Waals surface area contributed by atoms with Crippen LogP contribution in [0.1, 0.15) is 19.8 Å². The van der Waals surface area contributed by atoms with Crippen molar-refractivity contribution >= 4 is 11.9 Å². The molecule has 82 valence electrons. The fraction of sp³-hybridized carbons (Fsp3) is 0.750. The number of carbonyl (C=O) groups excluding carboxylic acids is 1. The summed E-state index contributed by atoms with van der Waals surface area (Å²) in [5.41, 5.74) is -1.12. The Balaban J connectivity index is 4.29. The maximum Gasteiger partial charge on any atom is 0.312 e. The Hall–Kier alpha value is -1.14. The maximum absolute atomic E-state index is 11.0. The first-order valence-corrected chi connectivity index (χ1v) is 4.24. The molecule has 0 saturated heterocycles. The van der Waals surface area contributed by atoms with Crippen molar-refractivity contribution in [1.29, 1.82) is 0 Å². The van der Waals surface area contributed by atoms with Gasteiger partial charge in [0.05, 0.1) is 18.8 Å². The third-order valence-electron chi connectivity index (χ3n) is 2.00. The lowest BCUT2D eigenvalue weighted by molar-refractivity contribution is -0.141. The van der Waals surface area contributed by atoms with Crippen LogP contribution in [0.25, 0.3) is 0 Å². The van der Waals surface area contributed by atoms with Crippen molar-refractivity contribution in [3.63, 3.8) is 0 Å². The molecule has 0 bridgehead atoms. The van der Waals surface area contributed by atoms with Crippen LogP contribution in [-0.4, -0.2) is 45.9 Å². The maximum atomic E-state index is 11.0. The number of hydrogen-bond donors (Lipinski definition) is 4. The highest BCUT2D eigenvalue weighted by Crippen LogP contribution is 2.08. The van der Waals surface area contributed by atoms with Crippen LogP contribution in [-0.2, 0) is 9.59 Å². The topological polar surface area (TPSA) is 107 Å². The third kappa shape index (κ3) is 3.71. The molecule has 0 aromatic carbocycles. The fourth-order valence-corrected chi connectivity index (χ4v) is 0.918. The normalized spacial score (nSPS) is 11.1. The molecule has 6 nitrogen and oxygen atoms in total. The van der Waals surface area contributed by atoms with Crippen molar-refractivity contribution in [2.75, 3.05) is 13.2 Å². The van der Waals surface area contributed by atoms with E-state index in [2.05, 4.69) is 5.32 Å². The Bertz CT molecular complexity index is 204. The molecule has 6 heteroatoms. The Labute approximate surface area is 81.5 Å². The monoisotopic (exact) mass is 205 g/mol. The molecular weight excluding hydrogens is 190 g/mol. The molecule has 1 amide bonds. The van der Waals surface area contributed by atoms with Gasteiger partial charge in [0.1, 0.15) is 6.42 Å². The van der Waals surface area contributed by atoms with Crippen LogP contribution in [0.15, 0.2) is 0 Å². The van der Waals surface area contributed by atoms with E-state index in [1.54, 1.807) is 6.92 Å². The van der Waals surface area contributed by atoms with Gasteiger partial charge in [-0.2, -0.15) is 0 Å². The second-order valence-corrected chi connectivity index (χ2v) is 3.07. The van der Waals surface area contributed by atoms with E-state index in [0.29, 0.717) is 6.42 Å². The highest BCUT2D eigenvalue weighted by atomic mass is 16.4. The van der Waals surface area contributed by atoms with Crippen molar-refractivity contribution in [3.8, 4) is 0 Å². The van der Waals surface area contributed by atoms with Gasteiger partial charge in [0.25, 0.3) is 0 Å². The van der Waals surface area contributed by atoms with Crippen molar-refractivity contribution < 1.29 is 24.9 Å². The van der Waals surface area contributed by atoms with Gasteiger partial charge in [-0.25, -0.2) is 0 Å². The van der Waals surface area contributed by atoms with Gasteiger partial charge in [-0.1, -0.05) is 6.92 Å². The van der Waals surface area contributed by atoms with Crippen molar-refractivity contribution in [3.05, 3.63) is 0 Å². The number of hydrogen-bond acceptors (Lipinski definition) is 4. The lowest BCUT2D eigenvalue weighted by atomic mass is 9.98. The van der Waals surface area contributed by atoms with E-state index < -0.39 is 37.0 Å².